The van der Waals surface area contributed by atoms with E-state index in [1.165, 1.54) is 4.88 Å². The maximum atomic E-state index is 4.30. The molecule has 1 unspecified atom stereocenters. The Morgan fingerprint density at radius 2 is 2.44 bits per heavy atom. The van der Waals surface area contributed by atoms with Gasteiger partial charge in [0.1, 0.15) is 12.2 Å². The number of hydrogen-bond donors (Lipinski definition) is 1. The van der Waals surface area contributed by atoms with Crippen molar-refractivity contribution in [2.45, 2.75) is 25.9 Å². The average Bonchev–Trinajstić information content (AvgIpc) is 2.96. The van der Waals surface area contributed by atoms with Crippen molar-refractivity contribution in [3.8, 4) is 0 Å². The highest BCUT2D eigenvalue weighted by atomic mass is 32.1. The molecule has 0 aromatic carbocycles. The quantitative estimate of drug-likeness (QED) is 0.861. The fourth-order valence-corrected chi connectivity index (χ4v) is 2.56. The van der Waals surface area contributed by atoms with Crippen LogP contribution in [0, 0.1) is 0 Å². The fourth-order valence-electron chi connectivity index (χ4n) is 1.73. The molecule has 86 valence electrons. The first kappa shape index (κ1) is 11.3. The van der Waals surface area contributed by atoms with E-state index in [1.54, 1.807) is 17.7 Å². The number of aromatic nitrogens is 3. The van der Waals surface area contributed by atoms with Crippen LogP contribution in [-0.2, 0) is 13.0 Å². The Kier molecular flexibility index (Phi) is 3.69. The summed E-state index contributed by atoms with van der Waals surface area (Å²) in [5.41, 5.74) is 0. The van der Waals surface area contributed by atoms with Crippen molar-refractivity contribution in [2.75, 3.05) is 7.05 Å². The minimum atomic E-state index is 0.328. The van der Waals surface area contributed by atoms with Crippen LogP contribution in [-0.4, -0.2) is 21.8 Å². The summed E-state index contributed by atoms with van der Waals surface area (Å²) in [5, 5.41) is 9.61. The van der Waals surface area contributed by atoms with Gasteiger partial charge in [0, 0.05) is 23.9 Å². The van der Waals surface area contributed by atoms with Gasteiger partial charge in [-0.15, -0.1) is 11.3 Å². The predicted molar refractivity (Wildman–Crippen MR) is 65.5 cm³/mol. The minimum Gasteiger partial charge on any atom is -0.312 e. The molecule has 0 aliphatic heterocycles. The van der Waals surface area contributed by atoms with Crippen molar-refractivity contribution in [2.24, 2.45) is 0 Å². The predicted octanol–water partition coefficient (Wildman–Crippen LogP) is 1.86. The van der Waals surface area contributed by atoms with Crippen molar-refractivity contribution in [1.29, 1.82) is 0 Å². The van der Waals surface area contributed by atoms with Crippen LogP contribution in [0.5, 0.6) is 0 Å². The second-order valence-electron chi connectivity index (χ2n) is 3.55. The molecule has 16 heavy (non-hydrogen) atoms. The highest BCUT2D eigenvalue weighted by Gasteiger charge is 2.14. The molecule has 1 atom stereocenters. The zero-order chi connectivity index (χ0) is 11.4. The van der Waals surface area contributed by atoms with E-state index in [0.717, 1.165) is 18.8 Å². The molecule has 2 rings (SSSR count). The van der Waals surface area contributed by atoms with E-state index in [2.05, 4.69) is 39.8 Å². The summed E-state index contributed by atoms with van der Waals surface area (Å²) in [6.07, 6.45) is 2.50. The molecule has 0 saturated carbocycles. The summed E-state index contributed by atoms with van der Waals surface area (Å²) in [5.74, 6) is 1.04. The van der Waals surface area contributed by atoms with Gasteiger partial charge in [-0.1, -0.05) is 6.07 Å². The highest BCUT2D eigenvalue weighted by molar-refractivity contribution is 7.10. The van der Waals surface area contributed by atoms with Crippen LogP contribution >= 0.6 is 11.3 Å². The lowest BCUT2D eigenvalue weighted by atomic mass is 10.1. The van der Waals surface area contributed by atoms with E-state index in [9.17, 15) is 0 Å². The molecule has 0 bridgehead atoms. The molecular formula is C11H16N4S. The van der Waals surface area contributed by atoms with Gasteiger partial charge in [-0.25, -0.2) is 4.98 Å². The molecule has 2 aromatic heterocycles. The maximum Gasteiger partial charge on any atom is 0.138 e. The lowest BCUT2D eigenvalue weighted by Crippen LogP contribution is -2.20. The fraction of sp³-hybridized carbons (Fsp3) is 0.455. The standard InChI is InChI=1S/C11H16N4S/c1-3-15-11(13-8-14-15)7-9(12-2)10-5-4-6-16-10/h4-6,8-9,12H,3,7H2,1-2H3. The topological polar surface area (TPSA) is 42.7 Å². The third kappa shape index (κ3) is 2.31. The maximum absolute atomic E-state index is 4.30. The van der Waals surface area contributed by atoms with E-state index >= 15 is 0 Å². The van der Waals surface area contributed by atoms with Crippen molar-refractivity contribution in [1.82, 2.24) is 20.1 Å². The average molecular weight is 236 g/mol. The Bertz CT molecular complexity index is 421. The summed E-state index contributed by atoms with van der Waals surface area (Å²) in [6, 6.07) is 4.56. The van der Waals surface area contributed by atoms with Crippen molar-refractivity contribution in [3.63, 3.8) is 0 Å². The van der Waals surface area contributed by atoms with Crippen molar-refractivity contribution < 1.29 is 0 Å². The molecule has 0 radical (unpaired) electrons. The van der Waals surface area contributed by atoms with E-state index in [1.807, 2.05) is 11.7 Å². The summed E-state index contributed by atoms with van der Waals surface area (Å²) in [4.78, 5) is 5.64. The number of nitrogens with zero attached hydrogens (tertiary/aromatic N) is 3. The number of nitrogens with one attached hydrogen (secondary N) is 1. The Labute approximate surface area is 99.3 Å². The number of hydrogen-bond acceptors (Lipinski definition) is 4. The minimum absolute atomic E-state index is 0.328. The van der Waals surface area contributed by atoms with Gasteiger partial charge >= 0.3 is 0 Å². The van der Waals surface area contributed by atoms with Gasteiger partial charge in [0.05, 0.1) is 0 Å². The molecule has 0 aliphatic carbocycles. The second-order valence-corrected chi connectivity index (χ2v) is 4.53. The van der Waals surface area contributed by atoms with Crippen LogP contribution in [0.1, 0.15) is 23.7 Å². The lowest BCUT2D eigenvalue weighted by molar-refractivity contribution is 0.539. The van der Waals surface area contributed by atoms with Crippen molar-refractivity contribution in [3.05, 3.63) is 34.5 Å². The first-order valence-electron chi connectivity index (χ1n) is 5.42. The molecule has 0 amide bonds. The normalized spacial score (nSPS) is 12.9. The first-order chi connectivity index (χ1) is 7.85. The largest absolute Gasteiger partial charge is 0.312 e. The zero-order valence-corrected chi connectivity index (χ0v) is 10.4. The summed E-state index contributed by atoms with van der Waals surface area (Å²) in [7, 11) is 1.98. The van der Waals surface area contributed by atoms with E-state index in [-0.39, 0.29) is 0 Å². The summed E-state index contributed by atoms with van der Waals surface area (Å²) >= 11 is 1.77. The lowest BCUT2D eigenvalue weighted by Gasteiger charge is -2.14. The first-order valence-corrected chi connectivity index (χ1v) is 6.30. The third-order valence-electron chi connectivity index (χ3n) is 2.62. The SMILES string of the molecule is CCn1ncnc1CC(NC)c1cccs1. The van der Waals surface area contributed by atoms with Gasteiger partial charge in [0.2, 0.25) is 0 Å². The van der Waals surface area contributed by atoms with Gasteiger partial charge < -0.3 is 5.32 Å². The van der Waals surface area contributed by atoms with Gasteiger partial charge in [-0.2, -0.15) is 5.10 Å². The number of rotatable bonds is 5. The van der Waals surface area contributed by atoms with Gasteiger partial charge in [0.25, 0.3) is 0 Å². The molecule has 5 heteroatoms. The highest BCUT2D eigenvalue weighted by Crippen LogP contribution is 2.21. The molecule has 0 saturated heterocycles. The molecule has 0 aliphatic rings. The molecular weight excluding hydrogens is 220 g/mol. The van der Waals surface area contributed by atoms with Crippen LogP contribution in [0.15, 0.2) is 23.8 Å². The smallest absolute Gasteiger partial charge is 0.138 e. The van der Waals surface area contributed by atoms with Gasteiger partial charge in [-0.05, 0) is 25.4 Å². The van der Waals surface area contributed by atoms with Gasteiger partial charge in [0.15, 0.2) is 0 Å². The molecule has 0 spiro atoms. The van der Waals surface area contributed by atoms with E-state index < -0.39 is 0 Å². The van der Waals surface area contributed by atoms with E-state index in [4.69, 9.17) is 0 Å². The van der Waals surface area contributed by atoms with Crippen molar-refractivity contribution >= 4 is 11.3 Å². The Balaban J connectivity index is 2.13. The monoisotopic (exact) mass is 236 g/mol. The van der Waals surface area contributed by atoms with Crippen LogP contribution in [0.25, 0.3) is 0 Å². The van der Waals surface area contributed by atoms with Crippen LogP contribution in [0.3, 0.4) is 0 Å². The molecule has 1 N–H and O–H groups in total. The van der Waals surface area contributed by atoms with Crippen LogP contribution in [0.2, 0.25) is 0 Å². The van der Waals surface area contributed by atoms with Crippen LogP contribution in [0.4, 0.5) is 0 Å². The summed E-state index contributed by atoms with van der Waals surface area (Å²) in [6.45, 7) is 2.95. The van der Waals surface area contributed by atoms with Crippen LogP contribution < -0.4 is 5.32 Å². The Hall–Kier alpha value is -1.20. The summed E-state index contributed by atoms with van der Waals surface area (Å²) < 4.78 is 1.94. The second kappa shape index (κ2) is 5.23. The van der Waals surface area contributed by atoms with Gasteiger partial charge in [-0.3, -0.25) is 4.68 Å². The molecule has 4 nitrogen and oxygen atoms in total. The Morgan fingerprint density at radius 1 is 1.56 bits per heavy atom. The number of thiophene rings is 1. The Morgan fingerprint density at radius 3 is 3.06 bits per heavy atom. The zero-order valence-electron chi connectivity index (χ0n) is 9.55. The number of aryl methyl sites for hydroxylation is 1. The molecule has 2 heterocycles. The van der Waals surface area contributed by atoms with E-state index in [0.29, 0.717) is 6.04 Å². The third-order valence-corrected chi connectivity index (χ3v) is 3.60. The number of likely N-dealkylation sites (N-methyl/N-ethyl adjacent to an activating group) is 1. The molecule has 0 fully saturated rings. The molecule has 2 aromatic rings.